The second-order valence-electron chi connectivity index (χ2n) is 35.8. The molecule has 137 heavy (non-hydrogen) atoms. The van der Waals surface area contributed by atoms with Gasteiger partial charge in [-0.05, 0) is 156 Å². The van der Waals surface area contributed by atoms with Gasteiger partial charge in [0.15, 0.2) is 27.8 Å². The maximum absolute atomic E-state index is 5.79. The van der Waals surface area contributed by atoms with E-state index in [4.69, 9.17) is 24.9 Å². The van der Waals surface area contributed by atoms with Gasteiger partial charge in [-0.15, -0.1) is 11.3 Å². The average Bonchev–Trinajstić information content (AvgIpc) is 1.67. The molecule has 0 aliphatic heterocycles. The number of imidazole rings is 2. The average molecular weight is 1800 g/mol. The summed E-state index contributed by atoms with van der Waals surface area (Å²) in [4.78, 5) is 28.6. The molecule has 19 aromatic carbocycles. The Morgan fingerprint density at radius 2 is 0.482 bits per heavy atom. The molecule has 0 amide bonds. The van der Waals surface area contributed by atoms with Crippen LogP contribution in [0.5, 0.6) is 0 Å². The second kappa shape index (κ2) is 31.0. The Morgan fingerprint density at radius 1 is 0.175 bits per heavy atom. The van der Waals surface area contributed by atoms with Gasteiger partial charge in [-0.2, -0.15) is 0 Å². The van der Waals surface area contributed by atoms with E-state index in [1.165, 1.54) is 83.5 Å². The van der Waals surface area contributed by atoms with E-state index < -0.39 is 16.1 Å². The molecule has 0 spiro atoms. The number of para-hydroxylation sites is 9. The molecule has 0 atom stereocenters. The molecule has 0 bridgehead atoms. The van der Waals surface area contributed by atoms with Crippen LogP contribution in [0.3, 0.4) is 0 Å². The molecule has 0 fully saturated rings. The molecule has 9 aromatic heterocycles. The van der Waals surface area contributed by atoms with Crippen molar-refractivity contribution in [1.82, 2.24) is 52.2 Å². The SMILES string of the molecule is c1ccc([Si](c2ccccc2)(c2ccc(-c3nc(-n4c5ccccc5c5ccccc54)cc(-n4c5ccccc5c5cc(-c6ccc7nc8n(-c9cc(-n%10c%11ccccc%11c%11ccccc%11%10)nc(-c%10ccc([Si](c%11ccccc%11)(c%11ccccc%11)c%11ccc%12sc%13ccccc%13c%12c%11)cc%10)n9)c9ccccc9n8c7c6)ccc54)n3)cc2)c2ccc(-n3c4ccccc4c4ccccc43)cc2)cc1. The summed E-state index contributed by atoms with van der Waals surface area (Å²) in [6, 6.07) is 176. The molecule has 0 saturated heterocycles. The maximum atomic E-state index is 5.79. The van der Waals surface area contributed by atoms with Gasteiger partial charge >= 0.3 is 0 Å². The van der Waals surface area contributed by atoms with Gasteiger partial charge in [-0.1, -0.05) is 364 Å². The first-order valence-electron chi connectivity index (χ1n) is 46.6. The van der Waals surface area contributed by atoms with E-state index in [1.54, 1.807) is 0 Å². The van der Waals surface area contributed by atoms with Gasteiger partial charge in [0.2, 0.25) is 5.78 Å². The molecule has 9 heterocycles. The predicted octanol–water partition coefficient (Wildman–Crippen LogP) is 24.5. The first kappa shape index (κ1) is 78.2. The van der Waals surface area contributed by atoms with E-state index in [2.05, 4.69) is 506 Å². The lowest BCUT2D eigenvalue weighted by Gasteiger charge is -2.34. The third-order valence-corrected chi connectivity index (χ3v) is 39.3. The highest BCUT2D eigenvalue weighted by molar-refractivity contribution is 7.26. The zero-order valence-corrected chi connectivity index (χ0v) is 76.8. The number of rotatable bonds is 16. The number of fused-ring (bicyclic) bond motifs is 20. The number of nitrogens with zero attached hydrogens (tertiary/aromatic N) is 11. The largest absolute Gasteiger partial charge is 0.309 e. The summed E-state index contributed by atoms with van der Waals surface area (Å²) in [6.45, 7) is 0. The molecule has 14 heteroatoms. The summed E-state index contributed by atoms with van der Waals surface area (Å²) in [5, 5.41) is 22.1. The maximum Gasteiger partial charge on any atom is 0.221 e. The van der Waals surface area contributed by atoms with Crippen molar-refractivity contribution >= 4 is 204 Å². The van der Waals surface area contributed by atoms with Crippen LogP contribution in [0.15, 0.2) is 479 Å². The first-order chi connectivity index (χ1) is 67.9. The highest BCUT2D eigenvalue weighted by Crippen LogP contribution is 2.43. The Kier molecular flexibility index (Phi) is 17.7. The molecule has 0 saturated carbocycles. The van der Waals surface area contributed by atoms with Crippen LogP contribution in [0.2, 0.25) is 0 Å². The van der Waals surface area contributed by atoms with E-state index in [0.29, 0.717) is 17.5 Å². The molecule has 11 nitrogen and oxygen atoms in total. The number of hydrogen-bond donors (Lipinski definition) is 0. The molecule has 28 rings (SSSR count). The topological polar surface area (TPSA) is 93.5 Å². The molecule has 0 radical (unpaired) electrons. The van der Waals surface area contributed by atoms with E-state index in [9.17, 15) is 0 Å². The van der Waals surface area contributed by atoms with Crippen LogP contribution < -0.4 is 41.5 Å². The van der Waals surface area contributed by atoms with Crippen LogP contribution in [-0.2, 0) is 0 Å². The fourth-order valence-corrected chi connectivity index (χ4v) is 33.2. The minimum absolute atomic E-state index is 0.589. The summed E-state index contributed by atoms with van der Waals surface area (Å²) in [5.74, 6) is 4.85. The summed E-state index contributed by atoms with van der Waals surface area (Å²) >= 11 is 1.86. The van der Waals surface area contributed by atoms with Crippen LogP contribution in [0.25, 0.3) is 198 Å². The van der Waals surface area contributed by atoms with Crippen LogP contribution in [-0.4, -0.2) is 68.3 Å². The molecule has 0 unspecified atom stereocenters. The van der Waals surface area contributed by atoms with Crippen LogP contribution in [0.4, 0.5) is 0 Å². The minimum atomic E-state index is -3.08. The van der Waals surface area contributed by atoms with Crippen molar-refractivity contribution in [3.63, 3.8) is 0 Å². The van der Waals surface area contributed by atoms with Gasteiger partial charge in [0.05, 0.1) is 66.2 Å². The number of thiophene rings is 1. The summed E-state index contributed by atoms with van der Waals surface area (Å²) in [6.07, 6.45) is 0. The molecular formula is C123H79N11SSi2. The number of aromatic nitrogens is 11. The lowest BCUT2D eigenvalue weighted by molar-refractivity contribution is 0.980. The predicted molar refractivity (Wildman–Crippen MR) is 574 cm³/mol. The van der Waals surface area contributed by atoms with Gasteiger partial charge in [0, 0.05) is 92.2 Å². The van der Waals surface area contributed by atoms with Crippen molar-refractivity contribution in [1.29, 1.82) is 0 Å². The lowest BCUT2D eigenvalue weighted by atomic mass is 10.0. The van der Waals surface area contributed by atoms with Crippen LogP contribution in [0.1, 0.15) is 0 Å². The van der Waals surface area contributed by atoms with Crippen molar-refractivity contribution in [2.75, 3.05) is 0 Å². The molecule has 0 N–H and O–H groups in total. The molecule has 28 aromatic rings. The van der Waals surface area contributed by atoms with E-state index >= 15 is 0 Å². The fraction of sp³-hybridized carbons (Fsp3) is 0. The van der Waals surface area contributed by atoms with Gasteiger partial charge < -0.3 is 4.57 Å². The van der Waals surface area contributed by atoms with Gasteiger partial charge in [-0.25, -0.2) is 24.9 Å². The normalized spacial score (nSPS) is 12.2. The van der Waals surface area contributed by atoms with Crippen molar-refractivity contribution in [2.24, 2.45) is 0 Å². The Hall–Kier alpha value is -17.5. The first-order valence-corrected chi connectivity index (χ1v) is 51.4. The van der Waals surface area contributed by atoms with Gasteiger partial charge in [-0.3, -0.25) is 22.7 Å². The summed E-state index contributed by atoms with van der Waals surface area (Å²) < 4.78 is 16.5. The number of hydrogen-bond acceptors (Lipinski definition) is 6. The summed E-state index contributed by atoms with van der Waals surface area (Å²) in [5.41, 5.74) is 17.4. The van der Waals surface area contributed by atoms with E-state index in [-0.39, 0.29) is 0 Å². The molecule has 0 aliphatic rings. The highest BCUT2D eigenvalue weighted by Gasteiger charge is 2.44. The number of benzene rings is 19. The Bertz CT molecular complexity index is 9500. The Labute approximate surface area is 792 Å². The van der Waals surface area contributed by atoms with E-state index in [1.807, 2.05) is 11.3 Å². The zero-order valence-electron chi connectivity index (χ0n) is 73.9. The minimum Gasteiger partial charge on any atom is -0.309 e. The van der Waals surface area contributed by atoms with Crippen molar-refractivity contribution in [3.8, 4) is 62.9 Å². The second-order valence-corrected chi connectivity index (χ2v) is 44.5. The fourth-order valence-electron chi connectivity index (χ4n) is 22.6. The van der Waals surface area contributed by atoms with Crippen molar-refractivity contribution in [3.05, 3.63) is 479 Å². The molecule has 0 aliphatic carbocycles. The Morgan fingerprint density at radius 3 is 0.920 bits per heavy atom. The van der Waals surface area contributed by atoms with Crippen molar-refractivity contribution in [2.45, 2.75) is 0 Å². The highest BCUT2D eigenvalue weighted by atomic mass is 32.1. The monoisotopic (exact) mass is 1800 g/mol. The summed E-state index contributed by atoms with van der Waals surface area (Å²) in [7, 11) is -6.13. The van der Waals surface area contributed by atoms with Crippen LogP contribution in [0, 0.1) is 0 Å². The smallest absolute Gasteiger partial charge is 0.221 e. The Balaban J connectivity index is 0.586. The molecular weight excluding hydrogens is 1720 g/mol. The van der Waals surface area contributed by atoms with Gasteiger partial charge in [0.25, 0.3) is 0 Å². The van der Waals surface area contributed by atoms with Crippen LogP contribution >= 0.6 is 11.3 Å². The van der Waals surface area contributed by atoms with E-state index in [0.717, 1.165) is 139 Å². The van der Waals surface area contributed by atoms with Gasteiger partial charge in [0.1, 0.15) is 23.3 Å². The molecule has 640 valence electrons. The third kappa shape index (κ3) is 12.0. The zero-order chi connectivity index (χ0) is 90.0. The standard InChI is InChI=1S/C123H79N11SSi2/c1-5-31-85(32-6-1)136(86-33-7-2-8-34-86,91-69-63-84(64-70-91)129-104-47-21-13-39-93(104)94-40-14-22-48-105(94)129)89-65-57-80(58-66-89)121-125-117(130-106-49-23-15-41-95(106)96-42-16-24-50-107(96)130)78-118(126-121)132-110-53-27-19-45-99(110)101-75-82(62-73-111(101)132)83-61-72-103-114(76-83)133-112-54-28-29-55-113(112)134(123(133)124-103)120-79-119(131-108-51-25-17-43-97(108)98-44-18-26-52-109(98)131)127-122(128-120)81-59-67-90(68-60-81)137(87-35-9-3-10-36-87,88-37-11-4-12-38-88)92-71-74-116-102(77-92)100-46-20-30-56-115(100)135-116/h1-79H. The third-order valence-electron chi connectivity index (χ3n) is 28.6. The lowest BCUT2D eigenvalue weighted by Crippen LogP contribution is -2.74. The van der Waals surface area contributed by atoms with Crippen molar-refractivity contribution < 1.29 is 0 Å². The quantitative estimate of drug-likeness (QED) is 0.0710.